The van der Waals surface area contributed by atoms with E-state index in [1.54, 1.807) is 25.3 Å². The summed E-state index contributed by atoms with van der Waals surface area (Å²) in [5.74, 6) is 0.910. The highest BCUT2D eigenvalue weighted by atomic mass is 35.5. The molecule has 0 aliphatic heterocycles. The average molecular weight is 310 g/mol. The maximum atomic E-state index is 5.97. The Labute approximate surface area is 127 Å². The van der Waals surface area contributed by atoms with E-state index in [0.717, 1.165) is 0 Å². The zero-order valence-corrected chi connectivity index (χ0v) is 12.7. The zero-order valence-electron chi connectivity index (χ0n) is 11.9. The van der Waals surface area contributed by atoms with E-state index in [0.29, 0.717) is 16.5 Å². The van der Waals surface area contributed by atoms with Crippen molar-refractivity contribution in [3.8, 4) is 11.8 Å². The van der Waals surface area contributed by atoms with Crippen molar-refractivity contribution in [3.05, 3.63) is 23.2 Å². The fourth-order valence-corrected chi connectivity index (χ4v) is 1.76. The number of rotatable bonds is 5. The maximum absolute atomic E-state index is 5.97. The number of hydrogen-bond acceptors (Lipinski definition) is 7. The first kappa shape index (κ1) is 15.1. The predicted octanol–water partition coefficient (Wildman–Crippen LogP) is 2.65. The predicted molar refractivity (Wildman–Crippen MR) is 81.3 cm³/mol. The summed E-state index contributed by atoms with van der Waals surface area (Å²) in [5.41, 5.74) is 6.27. The lowest BCUT2D eigenvalue weighted by Crippen LogP contribution is -2.12. The Bertz CT molecular complexity index is 636. The molecule has 0 radical (unpaired) electrons. The van der Waals surface area contributed by atoms with Crippen LogP contribution in [0.1, 0.15) is 13.8 Å². The molecule has 1 aromatic carbocycles. The van der Waals surface area contributed by atoms with Gasteiger partial charge in [-0.15, -0.1) is 0 Å². The molecule has 0 aliphatic carbocycles. The molecule has 0 fully saturated rings. The molecular formula is C13H16ClN5O2. The van der Waals surface area contributed by atoms with E-state index in [1.165, 1.54) is 0 Å². The minimum atomic E-state index is -0.0691. The van der Waals surface area contributed by atoms with Crippen molar-refractivity contribution in [2.45, 2.75) is 20.0 Å². The van der Waals surface area contributed by atoms with Crippen LogP contribution in [0.2, 0.25) is 5.02 Å². The second-order valence-corrected chi connectivity index (χ2v) is 4.87. The van der Waals surface area contributed by atoms with Gasteiger partial charge in [-0.05, 0) is 32.0 Å². The normalized spacial score (nSPS) is 10.5. The molecule has 2 rings (SSSR count). The van der Waals surface area contributed by atoms with E-state index in [1.807, 2.05) is 13.8 Å². The Hall–Kier alpha value is -2.28. The van der Waals surface area contributed by atoms with Crippen molar-refractivity contribution < 1.29 is 9.47 Å². The number of benzene rings is 1. The molecule has 7 nitrogen and oxygen atoms in total. The number of halogens is 1. The largest absolute Gasteiger partial charge is 0.495 e. The van der Waals surface area contributed by atoms with Gasteiger partial charge >= 0.3 is 6.01 Å². The van der Waals surface area contributed by atoms with E-state index in [-0.39, 0.29) is 24.0 Å². The zero-order chi connectivity index (χ0) is 15.4. The second-order valence-electron chi connectivity index (χ2n) is 4.44. The third-order valence-electron chi connectivity index (χ3n) is 2.38. The molecule has 112 valence electrons. The summed E-state index contributed by atoms with van der Waals surface area (Å²) in [6.45, 7) is 3.74. The Morgan fingerprint density at radius 1 is 1.24 bits per heavy atom. The van der Waals surface area contributed by atoms with Crippen LogP contribution >= 0.6 is 11.6 Å². The molecule has 0 atom stereocenters. The van der Waals surface area contributed by atoms with Gasteiger partial charge in [-0.1, -0.05) is 11.6 Å². The van der Waals surface area contributed by atoms with Crippen molar-refractivity contribution in [1.82, 2.24) is 15.0 Å². The van der Waals surface area contributed by atoms with Gasteiger partial charge in [0.05, 0.1) is 18.9 Å². The monoisotopic (exact) mass is 309 g/mol. The van der Waals surface area contributed by atoms with E-state index < -0.39 is 0 Å². The summed E-state index contributed by atoms with van der Waals surface area (Å²) in [5, 5.41) is 3.54. The van der Waals surface area contributed by atoms with Crippen molar-refractivity contribution in [2.75, 3.05) is 18.2 Å². The molecule has 0 saturated carbocycles. The molecule has 3 N–H and O–H groups in total. The van der Waals surface area contributed by atoms with Crippen molar-refractivity contribution in [1.29, 1.82) is 0 Å². The molecule has 0 aliphatic rings. The van der Waals surface area contributed by atoms with Gasteiger partial charge in [0.1, 0.15) is 5.75 Å². The van der Waals surface area contributed by atoms with E-state index in [4.69, 9.17) is 26.8 Å². The highest BCUT2D eigenvalue weighted by Gasteiger charge is 2.10. The number of nitrogens with one attached hydrogen (secondary N) is 1. The minimum Gasteiger partial charge on any atom is -0.495 e. The molecule has 0 amide bonds. The van der Waals surface area contributed by atoms with Crippen LogP contribution in [0.5, 0.6) is 11.8 Å². The van der Waals surface area contributed by atoms with Crippen molar-refractivity contribution >= 4 is 29.2 Å². The fraction of sp³-hybridized carbons (Fsp3) is 0.308. The number of hydrogen-bond donors (Lipinski definition) is 2. The quantitative estimate of drug-likeness (QED) is 0.876. The van der Waals surface area contributed by atoms with Gasteiger partial charge in [0.2, 0.25) is 11.9 Å². The van der Waals surface area contributed by atoms with E-state index in [9.17, 15) is 0 Å². The molecule has 2 aromatic rings. The van der Waals surface area contributed by atoms with Gasteiger partial charge in [-0.2, -0.15) is 15.0 Å². The Morgan fingerprint density at radius 2 is 2.00 bits per heavy atom. The number of nitrogens with zero attached hydrogens (tertiary/aromatic N) is 3. The average Bonchev–Trinajstić information content (AvgIpc) is 2.37. The number of nitrogen functional groups attached to an aromatic ring is 1. The van der Waals surface area contributed by atoms with Gasteiger partial charge in [0, 0.05) is 5.02 Å². The van der Waals surface area contributed by atoms with Crippen molar-refractivity contribution in [3.63, 3.8) is 0 Å². The lowest BCUT2D eigenvalue weighted by atomic mass is 10.3. The molecule has 0 saturated heterocycles. The number of methoxy groups -OCH3 is 1. The van der Waals surface area contributed by atoms with Crippen LogP contribution in [-0.2, 0) is 0 Å². The summed E-state index contributed by atoms with van der Waals surface area (Å²) in [6, 6.07) is 5.31. The first-order valence-corrected chi connectivity index (χ1v) is 6.64. The number of ether oxygens (including phenoxy) is 2. The maximum Gasteiger partial charge on any atom is 0.323 e. The number of nitrogens with two attached hydrogens (primary N) is 1. The Balaban J connectivity index is 2.31. The Morgan fingerprint density at radius 3 is 2.67 bits per heavy atom. The smallest absolute Gasteiger partial charge is 0.323 e. The van der Waals surface area contributed by atoms with E-state index >= 15 is 0 Å². The lowest BCUT2D eigenvalue weighted by Gasteiger charge is -2.12. The van der Waals surface area contributed by atoms with Gasteiger partial charge < -0.3 is 20.5 Å². The first-order valence-electron chi connectivity index (χ1n) is 6.26. The number of aromatic nitrogens is 3. The van der Waals surface area contributed by atoms with Crippen LogP contribution < -0.4 is 20.5 Å². The van der Waals surface area contributed by atoms with Crippen LogP contribution in [0.3, 0.4) is 0 Å². The molecule has 8 heteroatoms. The molecule has 0 spiro atoms. The van der Waals surface area contributed by atoms with Crippen LogP contribution in [-0.4, -0.2) is 28.2 Å². The Kier molecular flexibility index (Phi) is 4.64. The summed E-state index contributed by atoms with van der Waals surface area (Å²) in [6.07, 6.45) is -0.0691. The number of anilines is 3. The second kappa shape index (κ2) is 6.45. The van der Waals surface area contributed by atoms with Gasteiger partial charge in [0.15, 0.2) is 0 Å². The van der Waals surface area contributed by atoms with Gasteiger partial charge in [-0.3, -0.25) is 0 Å². The highest BCUT2D eigenvalue weighted by Crippen LogP contribution is 2.29. The van der Waals surface area contributed by atoms with Crippen molar-refractivity contribution in [2.24, 2.45) is 0 Å². The third kappa shape index (κ3) is 4.09. The molecule has 1 aromatic heterocycles. The lowest BCUT2D eigenvalue weighted by molar-refractivity contribution is 0.222. The summed E-state index contributed by atoms with van der Waals surface area (Å²) < 4.78 is 10.7. The van der Waals surface area contributed by atoms with Crippen LogP contribution in [0.15, 0.2) is 18.2 Å². The summed E-state index contributed by atoms with van der Waals surface area (Å²) >= 11 is 5.97. The van der Waals surface area contributed by atoms with Gasteiger partial charge in [-0.25, -0.2) is 0 Å². The highest BCUT2D eigenvalue weighted by molar-refractivity contribution is 6.30. The van der Waals surface area contributed by atoms with Crippen LogP contribution in [0.4, 0.5) is 17.6 Å². The molecule has 1 heterocycles. The SMILES string of the molecule is COc1ccc(Cl)cc1Nc1nc(N)nc(OC(C)C)n1. The van der Waals surface area contributed by atoms with Crippen LogP contribution in [0.25, 0.3) is 0 Å². The van der Waals surface area contributed by atoms with Crippen LogP contribution in [0, 0.1) is 0 Å². The first-order chi connectivity index (χ1) is 9.97. The summed E-state index contributed by atoms with van der Waals surface area (Å²) in [7, 11) is 1.56. The van der Waals surface area contributed by atoms with E-state index in [2.05, 4.69) is 20.3 Å². The minimum absolute atomic E-state index is 0.0594. The third-order valence-corrected chi connectivity index (χ3v) is 2.62. The summed E-state index contributed by atoms with van der Waals surface area (Å²) in [4.78, 5) is 12.1. The standard InChI is InChI=1S/C13H16ClN5O2/c1-7(2)21-13-18-11(15)17-12(19-13)16-9-6-8(14)4-5-10(9)20-3/h4-7H,1-3H3,(H3,15,16,17,18,19). The topological polar surface area (TPSA) is 95.2 Å². The molecule has 0 unspecified atom stereocenters. The van der Waals surface area contributed by atoms with Gasteiger partial charge in [0.25, 0.3) is 0 Å². The molecular weight excluding hydrogens is 294 g/mol. The fourth-order valence-electron chi connectivity index (χ4n) is 1.59. The molecule has 21 heavy (non-hydrogen) atoms. The molecule has 0 bridgehead atoms.